The Morgan fingerprint density at radius 1 is 1.09 bits per heavy atom. The third-order valence-electron chi connectivity index (χ3n) is 3.25. The maximum atomic E-state index is 4.37. The molecule has 118 valence electrons. The first-order valence-electron chi connectivity index (χ1n) is 7.43. The van der Waals surface area contributed by atoms with Crippen LogP contribution in [0.2, 0.25) is 0 Å². The van der Waals surface area contributed by atoms with Crippen LogP contribution in [0.25, 0.3) is 0 Å². The van der Waals surface area contributed by atoms with Crippen LogP contribution in [0.4, 0.5) is 5.82 Å². The van der Waals surface area contributed by atoms with Gasteiger partial charge in [0.05, 0.1) is 12.7 Å². The predicted octanol–water partition coefficient (Wildman–Crippen LogP) is 4.81. The second-order valence-electron chi connectivity index (χ2n) is 5.73. The molecule has 22 heavy (non-hydrogen) atoms. The number of hydrogen-bond donors (Lipinski definition) is 0. The Bertz CT molecular complexity index is 608. The zero-order valence-corrected chi connectivity index (χ0v) is 15.0. The average Bonchev–Trinajstić information content (AvgIpc) is 2.88. The Kier molecular flexibility index (Phi) is 5.71. The van der Waals surface area contributed by atoms with Crippen LogP contribution in [0.3, 0.4) is 0 Å². The number of hydrogen-bond acceptors (Lipinski definition) is 3. The van der Waals surface area contributed by atoms with Gasteiger partial charge in [0, 0.05) is 22.6 Å². The van der Waals surface area contributed by atoms with Gasteiger partial charge in [-0.25, -0.2) is 4.68 Å². The Morgan fingerprint density at radius 2 is 1.73 bits per heavy atom. The van der Waals surface area contributed by atoms with Gasteiger partial charge in [-0.05, 0) is 45.4 Å². The normalized spacial score (nSPS) is 11.8. The van der Waals surface area contributed by atoms with Gasteiger partial charge >= 0.3 is 0 Å². The molecule has 0 saturated carbocycles. The molecule has 0 bridgehead atoms. The molecule has 0 aliphatic heterocycles. The van der Waals surface area contributed by atoms with E-state index in [4.69, 9.17) is 0 Å². The number of aromatic nitrogens is 2. The predicted molar refractivity (Wildman–Crippen MR) is 92.1 cm³/mol. The lowest BCUT2D eigenvalue weighted by Crippen LogP contribution is -2.31. The summed E-state index contributed by atoms with van der Waals surface area (Å²) in [5.41, 5.74) is 1.17. The first-order chi connectivity index (χ1) is 10.5. The van der Waals surface area contributed by atoms with E-state index in [9.17, 15) is 0 Å². The van der Waals surface area contributed by atoms with E-state index < -0.39 is 0 Å². The smallest absolute Gasteiger partial charge is 0.175 e. The molecule has 0 N–H and O–H groups in total. The molecule has 0 fully saturated rings. The van der Waals surface area contributed by atoms with E-state index in [1.165, 1.54) is 5.56 Å². The van der Waals surface area contributed by atoms with Gasteiger partial charge < -0.3 is 0 Å². The molecule has 0 spiro atoms. The fourth-order valence-electron chi connectivity index (χ4n) is 2.20. The molecule has 0 atom stereocenters. The van der Waals surface area contributed by atoms with Gasteiger partial charge in [0.1, 0.15) is 0 Å². The minimum atomic E-state index is 0.312. The number of nitrogens with zero attached hydrogens (tertiary/aromatic N) is 5. The average molecular weight is 364 g/mol. The van der Waals surface area contributed by atoms with Crippen molar-refractivity contribution in [1.29, 1.82) is 0 Å². The van der Waals surface area contributed by atoms with Crippen LogP contribution in [0.15, 0.2) is 51.3 Å². The van der Waals surface area contributed by atoms with Crippen molar-refractivity contribution in [2.45, 2.75) is 46.3 Å². The second kappa shape index (κ2) is 7.54. The highest BCUT2D eigenvalue weighted by Gasteiger charge is 2.11. The maximum Gasteiger partial charge on any atom is 0.175 e. The molecule has 1 aromatic carbocycles. The first kappa shape index (κ1) is 16.7. The van der Waals surface area contributed by atoms with Crippen molar-refractivity contribution in [2.75, 3.05) is 0 Å². The van der Waals surface area contributed by atoms with Crippen molar-refractivity contribution in [3.8, 4) is 0 Å². The molecule has 0 amide bonds. The Hall–Kier alpha value is -1.69. The lowest BCUT2D eigenvalue weighted by atomic mass is 10.2. The third kappa shape index (κ3) is 4.40. The van der Waals surface area contributed by atoms with Crippen LogP contribution in [0.1, 0.15) is 33.3 Å². The van der Waals surface area contributed by atoms with E-state index in [1.54, 1.807) is 6.20 Å². The summed E-state index contributed by atoms with van der Waals surface area (Å²) in [7, 11) is 0. The summed E-state index contributed by atoms with van der Waals surface area (Å²) in [4.78, 5) is 0. The summed E-state index contributed by atoms with van der Waals surface area (Å²) in [6, 6.07) is 10.7. The minimum Gasteiger partial charge on any atom is -0.273 e. The molecule has 1 heterocycles. The largest absolute Gasteiger partial charge is 0.273 e. The highest BCUT2D eigenvalue weighted by molar-refractivity contribution is 9.10. The van der Waals surface area contributed by atoms with Crippen molar-refractivity contribution in [2.24, 2.45) is 10.3 Å². The molecular formula is C16H22BrN5. The van der Waals surface area contributed by atoms with Gasteiger partial charge in [-0.15, -0.1) is 5.11 Å². The van der Waals surface area contributed by atoms with E-state index in [0.717, 1.165) is 10.3 Å². The Morgan fingerprint density at radius 3 is 2.32 bits per heavy atom. The van der Waals surface area contributed by atoms with Gasteiger partial charge in [-0.3, -0.25) is 5.01 Å². The SMILES string of the molecule is CC(C)N(/N=N/c1ccnn1Cc1ccc(Br)cc1)C(C)C. The molecule has 0 radical (unpaired) electrons. The van der Waals surface area contributed by atoms with Crippen LogP contribution in [-0.4, -0.2) is 26.9 Å². The Balaban J connectivity index is 2.13. The zero-order valence-electron chi connectivity index (χ0n) is 13.4. The molecule has 2 rings (SSSR count). The van der Waals surface area contributed by atoms with E-state index in [0.29, 0.717) is 18.6 Å². The summed E-state index contributed by atoms with van der Waals surface area (Å²) in [6.45, 7) is 9.12. The van der Waals surface area contributed by atoms with Crippen molar-refractivity contribution in [3.05, 3.63) is 46.6 Å². The molecule has 1 aromatic heterocycles. The van der Waals surface area contributed by atoms with Gasteiger partial charge in [-0.2, -0.15) is 5.10 Å². The summed E-state index contributed by atoms with van der Waals surface area (Å²) < 4.78 is 2.92. The van der Waals surface area contributed by atoms with Crippen molar-refractivity contribution in [1.82, 2.24) is 14.8 Å². The quantitative estimate of drug-likeness (QED) is 0.545. The van der Waals surface area contributed by atoms with E-state index in [-0.39, 0.29) is 0 Å². The lowest BCUT2D eigenvalue weighted by molar-refractivity contribution is 0.169. The van der Waals surface area contributed by atoms with E-state index >= 15 is 0 Å². The monoisotopic (exact) mass is 363 g/mol. The Labute approximate surface area is 140 Å². The highest BCUT2D eigenvalue weighted by Crippen LogP contribution is 2.17. The second-order valence-corrected chi connectivity index (χ2v) is 6.65. The van der Waals surface area contributed by atoms with E-state index in [2.05, 4.69) is 71.2 Å². The van der Waals surface area contributed by atoms with Crippen LogP contribution in [-0.2, 0) is 6.54 Å². The summed E-state index contributed by atoms with van der Waals surface area (Å²) in [5, 5.41) is 15.1. The standard InChI is InChI=1S/C16H22BrN5/c1-12(2)22(13(3)4)20-19-16-9-10-18-21(16)11-14-5-7-15(17)8-6-14/h5-10,12-13H,11H2,1-4H3/b20-19+. The van der Waals surface area contributed by atoms with Crippen LogP contribution in [0.5, 0.6) is 0 Å². The summed E-state index contributed by atoms with van der Waals surface area (Å²) in [5.74, 6) is 0.759. The summed E-state index contributed by atoms with van der Waals surface area (Å²) in [6.07, 6.45) is 1.75. The topological polar surface area (TPSA) is 45.8 Å². The number of benzene rings is 1. The molecule has 2 aromatic rings. The molecule has 0 unspecified atom stereocenters. The van der Waals surface area contributed by atoms with E-state index in [1.807, 2.05) is 27.9 Å². The first-order valence-corrected chi connectivity index (χ1v) is 8.23. The van der Waals surface area contributed by atoms with Gasteiger partial charge in [0.2, 0.25) is 0 Å². The van der Waals surface area contributed by atoms with Crippen LogP contribution >= 0.6 is 15.9 Å². The van der Waals surface area contributed by atoms with Crippen LogP contribution < -0.4 is 0 Å². The fourth-order valence-corrected chi connectivity index (χ4v) is 2.46. The van der Waals surface area contributed by atoms with Gasteiger partial charge in [-0.1, -0.05) is 33.3 Å². The molecule has 5 nitrogen and oxygen atoms in total. The van der Waals surface area contributed by atoms with Gasteiger partial charge in [0.15, 0.2) is 5.82 Å². The minimum absolute atomic E-state index is 0.312. The highest BCUT2D eigenvalue weighted by atomic mass is 79.9. The van der Waals surface area contributed by atoms with Crippen molar-refractivity contribution < 1.29 is 0 Å². The molecule has 0 aliphatic carbocycles. The van der Waals surface area contributed by atoms with Crippen LogP contribution in [0, 0.1) is 0 Å². The zero-order chi connectivity index (χ0) is 16.1. The number of rotatable bonds is 6. The molecule has 0 aliphatic rings. The fraction of sp³-hybridized carbons (Fsp3) is 0.438. The number of halogens is 1. The molecule has 0 saturated heterocycles. The lowest BCUT2D eigenvalue weighted by Gasteiger charge is -2.25. The maximum absolute atomic E-state index is 4.37. The molecule has 6 heteroatoms. The molecular weight excluding hydrogens is 342 g/mol. The summed E-state index contributed by atoms with van der Waals surface area (Å²) >= 11 is 3.44. The third-order valence-corrected chi connectivity index (χ3v) is 3.78. The van der Waals surface area contributed by atoms with Crippen molar-refractivity contribution in [3.63, 3.8) is 0 Å². The van der Waals surface area contributed by atoms with Crippen molar-refractivity contribution >= 4 is 21.7 Å². The van der Waals surface area contributed by atoms with Gasteiger partial charge in [0.25, 0.3) is 0 Å².